The lowest BCUT2D eigenvalue weighted by molar-refractivity contribution is 0.0678. The lowest BCUT2D eigenvalue weighted by Gasteiger charge is -2.03. The molecule has 1 aliphatic rings. The average molecular weight is 216 g/mol. The number of fused-ring (bicyclic) bond motifs is 1. The van der Waals surface area contributed by atoms with Crippen molar-refractivity contribution >= 4 is 17.0 Å². The van der Waals surface area contributed by atoms with Gasteiger partial charge in [-0.15, -0.1) is 0 Å². The molecule has 0 spiro atoms. The fourth-order valence-corrected chi connectivity index (χ4v) is 2.06. The van der Waals surface area contributed by atoms with Gasteiger partial charge in [-0.05, 0) is 37.5 Å². The molecule has 1 fully saturated rings. The Hall–Kier alpha value is -1.84. The zero-order chi connectivity index (χ0) is 11.3. The molecule has 1 saturated carbocycles. The van der Waals surface area contributed by atoms with Crippen molar-refractivity contribution in [3.05, 3.63) is 29.6 Å². The van der Waals surface area contributed by atoms with E-state index in [-0.39, 0.29) is 5.82 Å². The molecule has 1 heterocycles. The van der Waals surface area contributed by atoms with E-state index in [1.807, 2.05) is 29.7 Å². The molecule has 0 amide bonds. The van der Waals surface area contributed by atoms with Gasteiger partial charge in [-0.2, -0.15) is 0 Å². The van der Waals surface area contributed by atoms with Crippen molar-refractivity contribution in [2.24, 2.45) is 0 Å². The molecule has 1 aliphatic carbocycles. The van der Waals surface area contributed by atoms with Crippen LogP contribution in [0.3, 0.4) is 0 Å². The van der Waals surface area contributed by atoms with Crippen LogP contribution in [0.15, 0.2) is 18.2 Å². The molecule has 0 atom stereocenters. The first-order valence-corrected chi connectivity index (χ1v) is 5.38. The van der Waals surface area contributed by atoms with Crippen molar-refractivity contribution in [3.8, 4) is 0 Å². The highest BCUT2D eigenvalue weighted by Gasteiger charge is 2.30. The van der Waals surface area contributed by atoms with E-state index in [0.717, 1.165) is 29.4 Å². The normalized spacial score (nSPS) is 15.6. The number of nitrogens with zero attached hydrogens (tertiary/aromatic N) is 2. The van der Waals surface area contributed by atoms with E-state index in [1.165, 1.54) is 0 Å². The molecule has 82 valence electrons. The van der Waals surface area contributed by atoms with Gasteiger partial charge in [0.1, 0.15) is 0 Å². The second-order valence-electron chi connectivity index (χ2n) is 4.33. The lowest BCUT2D eigenvalue weighted by atomic mass is 10.2. The molecule has 0 bridgehead atoms. The van der Waals surface area contributed by atoms with Crippen molar-refractivity contribution in [1.29, 1.82) is 0 Å². The van der Waals surface area contributed by atoms with Gasteiger partial charge in [0.05, 0.1) is 11.0 Å². The number of hydrogen-bond donors (Lipinski definition) is 1. The first-order chi connectivity index (χ1) is 7.66. The van der Waals surface area contributed by atoms with Gasteiger partial charge in [0.2, 0.25) is 5.82 Å². The maximum absolute atomic E-state index is 11.1. The average Bonchev–Trinajstić information content (AvgIpc) is 2.99. The first kappa shape index (κ1) is 9.39. The monoisotopic (exact) mass is 216 g/mol. The van der Waals surface area contributed by atoms with Crippen LogP contribution in [0.4, 0.5) is 0 Å². The largest absolute Gasteiger partial charge is 0.475 e. The van der Waals surface area contributed by atoms with E-state index in [9.17, 15) is 4.79 Å². The number of rotatable bonds is 2. The molecule has 4 heteroatoms. The molecule has 2 aromatic rings. The Kier molecular flexibility index (Phi) is 1.80. The molecule has 0 aliphatic heterocycles. The quantitative estimate of drug-likeness (QED) is 0.838. The third kappa shape index (κ3) is 1.30. The van der Waals surface area contributed by atoms with Gasteiger partial charge in [0.15, 0.2) is 0 Å². The lowest BCUT2D eigenvalue weighted by Crippen LogP contribution is -2.08. The summed E-state index contributed by atoms with van der Waals surface area (Å²) in [6, 6.07) is 6.22. The minimum atomic E-state index is -0.944. The third-order valence-corrected chi connectivity index (χ3v) is 2.95. The van der Waals surface area contributed by atoms with Crippen LogP contribution in [0.2, 0.25) is 0 Å². The molecular weight excluding hydrogens is 204 g/mol. The smallest absolute Gasteiger partial charge is 0.372 e. The number of carboxylic acids is 1. The van der Waals surface area contributed by atoms with Crippen LogP contribution in [0.1, 0.15) is 35.1 Å². The van der Waals surface area contributed by atoms with Crippen molar-refractivity contribution in [2.45, 2.75) is 25.8 Å². The highest BCUT2D eigenvalue weighted by molar-refractivity contribution is 5.90. The summed E-state index contributed by atoms with van der Waals surface area (Å²) in [4.78, 5) is 15.3. The molecule has 1 aromatic heterocycles. The molecule has 1 N–H and O–H groups in total. The maximum Gasteiger partial charge on any atom is 0.372 e. The summed E-state index contributed by atoms with van der Waals surface area (Å²) in [5, 5.41) is 9.13. The molecule has 0 radical (unpaired) electrons. The van der Waals surface area contributed by atoms with Crippen LogP contribution in [0.25, 0.3) is 11.0 Å². The summed E-state index contributed by atoms with van der Waals surface area (Å²) in [5.74, 6) is -0.774. The predicted octanol–water partition coefficient (Wildman–Crippen LogP) is 2.38. The minimum absolute atomic E-state index is 0.170. The summed E-state index contributed by atoms with van der Waals surface area (Å²) < 4.78 is 1.86. The van der Waals surface area contributed by atoms with Gasteiger partial charge in [-0.3, -0.25) is 0 Å². The minimum Gasteiger partial charge on any atom is -0.475 e. The summed E-state index contributed by atoms with van der Waals surface area (Å²) in [6.45, 7) is 1.98. The first-order valence-electron chi connectivity index (χ1n) is 5.38. The fourth-order valence-electron chi connectivity index (χ4n) is 2.06. The van der Waals surface area contributed by atoms with Gasteiger partial charge in [0.25, 0.3) is 0 Å². The van der Waals surface area contributed by atoms with Crippen LogP contribution in [-0.2, 0) is 0 Å². The highest BCUT2D eigenvalue weighted by atomic mass is 16.4. The van der Waals surface area contributed by atoms with E-state index in [1.54, 1.807) is 0 Å². The number of aryl methyl sites for hydroxylation is 1. The number of benzene rings is 1. The molecule has 4 nitrogen and oxygen atoms in total. The van der Waals surface area contributed by atoms with E-state index < -0.39 is 5.97 Å². The SMILES string of the molecule is Cc1ccc2c(c1)nc(C(=O)O)n2C1CC1. The van der Waals surface area contributed by atoms with Gasteiger partial charge in [0, 0.05) is 6.04 Å². The summed E-state index contributed by atoms with van der Waals surface area (Å²) in [6.07, 6.45) is 2.11. The Morgan fingerprint density at radius 1 is 1.50 bits per heavy atom. The standard InChI is InChI=1S/C12H12N2O2/c1-7-2-5-10-9(6-7)13-11(12(15)16)14(10)8-3-4-8/h2,5-6,8H,3-4H2,1H3,(H,15,16). The van der Waals surface area contributed by atoms with E-state index in [4.69, 9.17) is 5.11 Å². The summed E-state index contributed by atoms with van der Waals surface area (Å²) in [5.41, 5.74) is 2.82. The molecule has 0 unspecified atom stereocenters. The summed E-state index contributed by atoms with van der Waals surface area (Å²) in [7, 11) is 0. The highest BCUT2D eigenvalue weighted by Crippen LogP contribution is 2.38. The van der Waals surface area contributed by atoms with Gasteiger partial charge in [-0.25, -0.2) is 9.78 Å². The van der Waals surface area contributed by atoms with Crippen LogP contribution < -0.4 is 0 Å². The van der Waals surface area contributed by atoms with Crippen LogP contribution in [0.5, 0.6) is 0 Å². The molecule has 0 saturated heterocycles. The Morgan fingerprint density at radius 2 is 2.25 bits per heavy atom. The van der Waals surface area contributed by atoms with Gasteiger partial charge >= 0.3 is 5.97 Å². The van der Waals surface area contributed by atoms with Crippen molar-refractivity contribution in [3.63, 3.8) is 0 Å². The van der Waals surface area contributed by atoms with Crippen LogP contribution in [-0.4, -0.2) is 20.6 Å². The van der Waals surface area contributed by atoms with E-state index >= 15 is 0 Å². The molecule has 1 aromatic carbocycles. The predicted molar refractivity (Wildman–Crippen MR) is 59.7 cm³/mol. The second-order valence-corrected chi connectivity index (χ2v) is 4.33. The number of carbonyl (C=O) groups is 1. The third-order valence-electron chi connectivity index (χ3n) is 2.95. The van der Waals surface area contributed by atoms with Crippen molar-refractivity contribution in [2.75, 3.05) is 0 Å². The molecule has 16 heavy (non-hydrogen) atoms. The van der Waals surface area contributed by atoms with Gasteiger partial charge < -0.3 is 9.67 Å². The maximum atomic E-state index is 11.1. The Morgan fingerprint density at radius 3 is 2.88 bits per heavy atom. The van der Waals surface area contributed by atoms with Crippen LogP contribution >= 0.6 is 0 Å². The number of imidazole rings is 1. The number of aromatic carboxylic acids is 1. The second kappa shape index (κ2) is 3.07. The van der Waals surface area contributed by atoms with Gasteiger partial charge in [-0.1, -0.05) is 6.07 Å². The van der Waals surface area contributed by atoms with E-state index in [0.29, 0.717) is 6.04 Å². The number of aromatic nitrogens is 2. The Balaban J connectivity index is 2.32. The van der Waals surface area contributed by atoms with Crippen LogP contribution in [0, 0.1) is 6.92 Å². The Bertz CT molecular complexity index is 582. The zero-order valence-electron chi connectivity index (χ0n) is 8.97. The fraction of sp³-hybridized carbons (Fsp3) is 0.333. The number of carboxylic acid groups (broad SMARTS) is 1. The number of hydrogen-bond acceptors (Lipinski definition) is 2. The molecular formula is C12H12N2O2. The zero-order valence-corrected chi connectivity index (χ0v) is 8.97. The molecule has 3 rings (SSSR count). The topological polar surface area (TPSA) is 55.1 Å². The van der Waals surface area contributed by atoms with Crippen molar-refractivity contribution < 1.29 is 9.90 Å². The summed E-state index contributed by atoms with van der Waals surface area (Å²) >= 11 is 0. The van der Waals surface area contributed by atoms with Crippen molar-refractivity contribution in [1.82, 2.24) is 9.55 Å². The Labute approximate surface area is 92.5 Å². The van der Waals surface area contributed by atoms with E-state index in [2.05, 4.69) is 4.98 Å².